The van der Waals surface area contributed by atoms with E-state index in [9.17, 15) is 9.59 Å². The highest BCUT2D eigenvalue weighted by atomic mass is 16.5. The van der Waals surface area contributed by atoms with Crippen molar-refractivity contribution in [2.75, 3.05) is 0 Å². The minimum absolute atomic E-state index is 0.0541. The molecule has 1 saturated carbocycles. The van der Waals surface area contributed by atoms with E-state index in [1.54, 1.807) is 24.3 Å². The number of carbonyl (C=O) groups is 2. The molecule has 0 aromatic heterocycles. The van der Waals surface area contributed by atoms with Crippen LogP contribution >= 0.6 is 0 Å². The molecule has 0 saturated heterocycles. The summed E-state index contributed by atoms with van der Waals surface area (Å²) in [6.45, 7) is 3.57. The second kappa shape index (κ2) is 6.32. The van der Waals surface area contributed by atoms with Gasteiger partial charge in [-0.1, -0.05) is 43.3 Å². The summed E-state index contributed by atoms with van der Waals surface area (Å²) < 4.78 is 5.34. The van der Waals surface area contributed by atoms with E-state index in [1.165, 1.54) is 6.42 Å². The third kappa shape index (κ3) is 3.53. The van der Waals surface area contributed by atoms with Gasteiger partial charge in [-0.25, -0.2) is 4.79 Å². The monoisotopic (exact) mass is 258 g/mol. The molecule has 0 unspecified atom stereocenters. The molecule has 2 rings (SSSR count). The number of ketones is 1. The number of carbonyl (C=O) groups excluding carboxylic acids is 2. The Hall–Kier alpha value is -1.90. The summed E-state index contributed by atoms with van der Waals surface area (Å²) in [6, 6.07) is 8.67. The first kappa shape index (κ1) is 13.5. The highest BCUT2D eigenvalue weighted by Crippen LogP contribution is 2.21. The van der Waals surface area contributed by atoms with Crippen LogP contribution in [0.2, 0.25) is 0 Å². The summed E-state index contributed by atoms with van der Waals surface area (Å²) in [7, 11) is 0. The largest absolute Gasteiger partial charge is 0.459 e. The third-order valence-electron chi connectivity index (χ3n) is 3.38. The quantitative estimate of drug-likeness (QED) is 0.273. The van der Waals surface area contributed by atoms with Crippen LogP contribution in [-0.4, -0.2) is 17.9 Å². The molecule has 0 N–H and O–H groups in total. The van der Waals surface area contributed by atoms with Crippen molar-refractivity contribution in [3.8, 4) is 0 Å². The highest BCUT2D eigenvalue weighted by molar-refractivity contribution is 6.23. The fourth-order valence-corrected chi connectivity index (χ4v) is 2.26. The van der Waals surface area contributed by atoms with Crippen LogP contribution in [0, 0.1) is 0 Å². The second-order valence-electron chi connectivity index (χ2n) is 4.84. The lowest BCUT2D eigenvalue weighted by atomic mass is 9.97. The van der Waals surface area contributed by atoms with Gasteiger partial charge in [-0.05, 0) is 25.7 Å². The molecule has 1 fully saturated rings. The van der Waals surface area contributed by atoms with Crippen LogP contribution in [0.3, 0.4) is 0 Å². The van der Waals surface area contributed by atoms with Crippen molar-refractivity contribution in [3.05, 3.63) is 48.0 Å². The summed E-state index contributed by atoms with van der Waals surface area (Å²) in [5, 5.41) is 0. The molecule has 0 bridgehead atoms. The zero-order valence-electron chi connectivity index (χ0n) is 10.9. The van der Waals surface area contributed by atoms with Crippen molar-refractivity contribution in [2.45, 2.75) is 38.2 Å². The molecule has 3 nitrogen and oxygen atoms in total. The summed E-state index contributed by atoms with van der Waals surface area (Å²) >= 11 is 0. The topological polar surface area (TPSA) is 43.4 Å². The zero-order valence-corrected chi connectivity index (χ0v) is 10.9. The van der Waals surface area contributed by atoms with Crippen molar-refractivity contribution >= 4 is 11.8 Å². The maximum absolute atomic E-state index is 12.0. The summed E-state index contributed by atoms with van der Waals surface area (Å²) in [6.07, 6.45) is 5.07. The minimum atomic E-state index is -0.583. The Morgan fingerprint density at radius 1 is 1.05 bits per heavy atom. The fraction of sp³-hybridized carbons (Fsp3) is 0.375. The number of Topliss-reactive ketones (excluding diaryl/α,β-unsaturated/α-hetero) is 1. The minimum Gasteiger partial charge on any atom is -0.459 e. The average Bonchev–Trinajstić information content (AvgIpc) is 2.47. The van der Waals surface area contributed by atoms with Gasteiger partial charge in [0.1, 0.15) is 11.7 Å². The molecular formula is C16H18O3. The summed E-state index contributed by atoms with van der Waals surface area (Å²) in [4.78, 5) is 23.9. The number of hydrogen-bond acceptors (Lipinski definition) is 3. The molecule has 19 heavy (non-hydrogen) atoms. The van der Waals surface area contributed by atoms with Crippen molar-refractivity contribution in [2.24, 2.45) is 0 Å². The lowest BCUT2D eigenvalue weighted by molar-refractivity contribution is -0.145. The SMILES string of the molecule is C=C(C(=O)OC1CCCCC1)C(=O)c1ccccc1. The third-order valence-corrected chi connectivity index (χ3v) is 3.38. The molecular weight excluding hydrogens is 240 g/mol. The van der Waals surface area contributed by atoms with Gasteiger partial charge in [-0.2, -0.15) is 0 Å². The van der Waals surface area contributed by atoms with Gasteiger partial charge in [0.25, 0.3) is 0 Å². The van der Waals surface area contributed by atoms with Crippen molar-refractivity contribution in [1.29, 1.82) is 0 Å². The Morgan fingerprint density at radius 3 is 2.32 bits per heavy atom. The normalized spacial score (nSPS) is 15.8. The van der Waals surface area contributed by atoms with E-state index in [-0.39, 0.29) is 17.5 Å². The number of esters is 1. The number of ether oxygens (including phenoxy) is 1. The van der Waals surface area contributed by atoms with Gasteiger partial charge >= 0.3 is 5.97 Å². The molecule has 0 aliphatic heterocycles. The van der Waals surface area contributed by atoms with Gasteiger partial charge in [0.05, 0.1) is 0 Å². The number of rotatable bonds is 4. The molecule has 3 heteroatoms. The maximum atomic E-state index is 12.0. The Kier molecular flexibility index (Phi) is 4.50. The number of hydrogen-bond donors (Lipinski definition) is 0. The van der Waals surface area contributed by atoms with Crippen LogP contribution in [0.15, 0.2) is 42.5 Å². The predicted molar refractivity (Wildman–Crippen MR) is 72.9 cm³/mol. The maximum Gasteiger partial charge on any atom is 0.341 e. The first-order chi connectivity index (χ1) is 9.18. The first-order valence-electron chi connectivity index (χ1n) is 6.68. The molecule has 1 aliphatic carbocycles. The van der Waals surface area contributed by atoms with Crippen LogP contribution in [0.1, 0.15) is 42.5 Å². The van der Waals surface area contributed by atoms with Crippen molar-refractivity contribution in [3.63, 3.8) is 0 Å². The molecule has 0 heterocycles. The first-order valence-corrected chi connectivity index (χ1v) is 6.68. The Labute approximate surface area is 113 Å². The highest BCUT2D eigenvalue weighted by Gasteiger charge is 2.23. The van der Waals surface area contributed by atoms with Crippen LogP contribution in [-0.2, 0) is 9.53 Å². The van der Waals surface area contributed by atoms with E-state index in [2.05, 4.69) is 6.58 Å². The predicted octanol–water partition coefficient (Wildman–Crippen LogP) is 3.30. The standard InChI is InChI=1S/C16H18O3/c1-12(15(17)13-8-4-2-5-9-13)16(18)19-14-10-6-3-7-11-14/h2,4-5,8-9,14H,1,3,6-7,10-11H2. The Balaban J connectivity index is 1.95. The number of benzene rings is 1. The van der Waals surface area contributed by atoms with Crippen LogP contribution < -0.4 is 0 Å². The van der Waals surface area contributed by atoms with E-state index in [4.69, 9.17) is 4.74 Å². The van der Waals surface area contributed by atoms with Crippen LogP contribution in [0.25, 0.3) is 0 Å². The van der Waals surface area contributed by atoms with Gasteiger partial charge in [0.15, 0.2) is 5.78 Å². The molecule has 1 aromatic carbocycles. The molecule has 0 atom stereocenters. The van der Waals surface area contributed by atoms with Gasteiger partial charge in [0.2, 0.25) is 0 Å². The van der Waals surface area contributed by atoms with E-state index >= 15 is 0 Å². The molecule has 0 spiro atoms. The summed E-state index contributed by atoms with van der Waals surface area (Å²) in [5.74, 6) is -0.942. The lowest BCUT2D eigenvalue weighted by Crippen LogP contribution is -2.24. The molecule has 0 amide bonds. The smallest absolute Gasteiger partial charge is 0.341 e. The van der Waals surface area contributed by atoms with Gasteiger partial charge < -0.3 is 4.74 Å². The second-order valence-corrected chi connectivity index (χ2v) is 4.84. The zero-order chi connectivity index (χ0) is 13.7. The van der Waals surface area contributed by atoms with Crippen molar-refractivity contribution < 1.29 is 14.3 Å². The van der Waals surface area contributed by atoms with Gasteiger partial charge in [0, 0.05) is 5.56 Å². The molecule has 0 radical (unpaired) electrons. The average molecular weight is 258 g/mol. The lowest BCUT2D eigenvalue weighted by Gasteiger charge is -2.22. The van der Waals surface area contributed by atoms with E-state index in [0.29, 0.717) is 5.56 Å². The van der Waals surface area contributed by atoms with E-state index < -0.39 is 5.97 Å². The molecule has 1 aliphatic rings. The van der Waals surface area contributed by atoms with Gasteiger partial charge in [-0.3, -0.25) is 4.79 Å². The Morgan fingerprint density at radius 2 is 1.68 bits per heavy atom. The van der Waals surface area contributed by atoms with Crippen molar-refractivity contribution in [1.82, 2.24) is 0 Å². The van der Waals surface area contributed by atoms with E-state index in [0.717, 1.165) is 25.7 Å². The Bertz CT molecular complexity index is 470. The fourth-order valence-electron chi connectivity index (χ4n) is 2.26. The summed E-state index contributed by atoms with van der Waals surface area (Å²) in [5.41, 5.74) is 0.380. The molecule has 100 valence electrons. The van der Waals surface area contributed by atoms with Crippen LogP contribution in [0.4, 0.5) is 0 Å². The van der Waals surface area contributed by atoms with Crippen LogP contribution in [0.5, 0.6) is 0 Å². The molecule has 1 aromatic rings. The van der Waals surface area contributed by atoms with Gasteiger partial charge in [-0.15, -0.1) is 0 Å². The van der Waals surface area contributed by atoms with E-state index in [1.807, 2.05) is 6.07 Å².